The van der Waals surface area contributed by atoms with Crippen molar-refractivity contribution in [2.24, 2.45) is 0 Å². The van der Waals surface area contributed by atoms with Crippen LogP contribution in [0.1, 0.15) is 6.92 Å². The minimum absolute atomic E-state index is 0.0109. The zero-order valence-corrected chi connectivity index (χ0v) is 14.4. The maximum absolute atomic E-state index is 11.6. The van der Waals surface area contributed by atoms with E-state index in [-0.39, 0.29) is 5.91 Å². The van der Waals surface area contributed by atoms with Gasteiger partial charge in [0, 0.05) is 38.4 Å². The lowest BCUT2D eigenvalue weighted by molar-refractivity contribution is -0.116. The second-order valence-corrected chi connectivity index (χ2v) is 6.25. The van der Waals surface area contributed by atoms with Crippen LogP contribution in [0.3, 0.4) is 0 Å². The fraction of sp³-hybridized carbons (Fsp3) is 0.316. The van der Waals surface area contributed by atoms with Crippen LogP contribution in [0.5, 0.6) is 0 Å². The number of ether oxygens (including phenoxy) is 1. The first kappa shape index (κ1) is 15.8. The van der Waals surface area contributed by atoms with Gasteiger partial charge in [-0.3, -0.25) is 4.79 Å². The lowest BCUT2D eigenvalue weighted by Crippen LogP contribution is -2.36. The number of anilines is 2. The molecular weight excluding hydrogens is 316 g/mol. The highest BCUT2D eigenvalue weighted by Gasteiger charge is 2.13. The van der Waals surface area contributed by atoms with Crippen LogP contribution in [-0.2, 0) is 9.53 Å². The zero-order chi connectivity index (χ0) is 17.4. The summed E-state index contributed by atoms with van der Waals surface area (Å²) in [4.78, 5) is 24.9. The number of nitrogens with zero attached hydrogens (tertiary/aromatic N) is 4. The molecule has 0 bridgehead atoms. The summed E-state index contributed by atoms with van der Waals surface area (Å²) in [6.45, 7) is 4.85. The molecule has 0 aliphatic carbocycles. The summed E-state index contributed by atoms with van der Waals surface area (Å²) in [7, 11) is 1.76. The van der Waals surface area contributed by atoms with Gasteiger partial charge in [-0.05, 0) is 36.4 Å². The molecule has 0 saturated carbocycles. The molecule has 1 aliphatic heterocycles. The summed E-state index contributed by atoms with van der Waals surface area (Å²) >= 11 is 0. The minimum atomic E-state index is -0.0109. The zero-order valence-electron chi connectivity index (χ0n) is 14.4. The molecule has 0 atom stereocenters. The summed E-state index contributed by atoms with van der Waals surface area (Å²) in [5.41, 5.74) is 5.32. The molecule has 1 fully saturated rings. The molecule has 1 aromatic heterocycles. The van der Waals surface area contributed by atoms with E-state index in [0.29, 0.717) is 0 Å². The average Bonchev–Trinajstić information content (AvgIpc) is 2.65. The second kappa shape index (κ2) is 6.29. The summed E-state index contributed by atoms with van der Waals surface area (Å²) < 4.78 is 5.42. The third-order valence-electron chi connectivity index (χ3n) is 4.64. The number of hydrogen-bond donors (Lipinski definition) is 0. The number of morpholine rings is 1. The Bertz CT molecular complexity index is 951. The van der Waals surface area contributed by atoms with Crippen molar-refractivity contribution in [2.45, 2.75) is 6.92 Å². The Balaban J connectivity index is 1.76. The average molecular weight is 336 g/mol. The molecule has 2 aromatic carbocycles. The molecule has 1 amide bonds. The minimum Gasteiger partial charge on any atom is -0.378 e. The van der Waals surface area contributed by atoms with Gasteiger partial charge in [-0.2, -0.15) is 0 Å². The highest BCUT2D eigenvalue weighted by molar-refractivity contribution is 5.95. The van der Waals surface area contributed by atoms with Crippen LogP contribution in [0.4, 0.5) is 11.4 Å². The lowest BCUT2D eigenvalue weighted by Gasteiger charge is -2.28. The van der Waals surface area contributed by atoms with Crippen molar-refractivity contribution in [3.05, 3.63) is 36.4 Å². The summed E-state index contributed by atoms with van der Waals surface area (Å²) in [6, 6.07) is 11.9. The van der Waals surface area contributed by atoms with E-state index in [1.54, 1.807) is 18.9 Å². The van der Waals surface area contributed by atoms with Crippen LogP contribution in [0, 0.1) is 0 Å². The van der Waals surface area contributed by atoms with Gasteiger partial charge in [0.25, 0.3) is 0 Å². The summed E-state index contributed by atoms with van der Waals surface area (Å²) in [5.74, 6) is -0.0109. The lowest BCUT2D eigenvalue weighted by atomic mass is 10.2. The van der Waals surface area contributed by atoms with Gasteiger partial charge in [0.15, 0.2) is 0 Å². The van der Waals surface area contributed by atoms with E-state index in [4.69, 9.17) is 14.7 Å². The molecule has 0 spiro atoms. The Morgan fingerprint density at radius 3 is 2.32 bits per heavy atom. The van der Waals surface area contributed by atoms with Gasteiger partial charge in [0.1, 0.15) is 0 Å². The normalized spacial score (nSPS) is 14.9. The number of rotatable bonds is 2. The fourth-order valence-electron chi connectivity index (χ4n) is 3.06. The number of fused-ring (bicyclic) bond motifs is 2. The molecule has 2 heterocycles. The van der Waals surface area contributed by atoms with Crippen LogP contribution in [0.25, 0.3) is 22.1 Å². The molecule has 25 heavy (non-hydrogen) atoms. The molecule has 6 nitrogen and oxygen atoms in total. The molecule has 3 aromatic rings. The van der Waals surface area contributed by atoms with Crippen molar-refractivity contribution in [3.63, 3.8) is 0 Å². The van der Waals surface area contributed by atoms with E-state index in [0.717, 1.165) is 59.7 Å². The highest BCUT2D eigenvalue weighted by Crippen LogP contribution is 2.25. The van der Waals surface area contributed by atoms with Crippen molar-refractivity contribution in [1.29, 1.82) is 0 Å². The Labute approximate surface area is 146 Å². The maximum atomic E-state index is 11.6. The van der Waals surface area contributed by atoms with Gasteiger partial charge in [-0.1, -0.05) is 0 Å². The molecule has 128 valence electrons. The number of carbonyl (C=O) groups is 1. The Kier molecular flexibility index (Phi) is 3.97. The number of amides is 1. The topological polar surface area (TPSA) is 58.6 Å². The quantitative estimate of drug-likeness (QED) is 0.673. The van der Waals surface area contributed by atoms with E-state index < -0.39 is 0 Å². The standard InChI is InChI=1S/C19H20N4O2/c1-13(24)22(2)14-3-5-16-18(11-14)20-17-6-4-15(12-19(17)21-16)23-7-9-25-10-8-23/h3-6,11-12H,7-10H2,1-2H3. The van der Waals surface area contributed by atoms with Crippen LogP contribution in [-0.4, -0.2) is 49.2 Å². The highest BCUT2D eigenvalue weighted by atomic mass is 16.5. The largest absolute Gasteiger partial charge is 0.378 e. The fourth-order valence-corrected chi connectivity index (χ4v) is 3.06. The molecule has 0 unspecified atom stereocenters. The first-order valence-electron chi connectivity index (χ1n) is 8.40. The van der Waals surface area contributed by atoms with E-state index in [1.165, 1.54) is 0 Å². The van der Waals surface area contributed by atoms with Gasteiger partial charge in [0.05, 0.1) is 35.3 Å². The van der Waals surface area contributed by atoms with Crippen LogP contribution in [0.2, 0.25) is 0 Å². The van der Waals surface area contributed by atoms with Crippen molar-refractivity contribution in [2.75, 3.05) is 43.2 Å². The Morgan fingerprint density at radius 2 is 1.64 bits per heavy atom. The van der Waals surface area contributed by atoms with E-state index in [2.05, 4.69) is 17.0 Å². The van der Waals surface area contributed by atoms with Crippen molar-refractivity contribution in [3.8, 4) is 0 Å². The van der Waals surface area contributed by atoms with Gasteiger partial charge in [-0.25, -0.2) is 9.97 Å². The molecule has 0 N–H and O–H groups in total. The first-order chi connectivity index (χ1) is 12.1. The summed E-state index contributed by atoms with van der Waals surface area (Å²) in [6.07, 6.45) is 0. The Morgan fingerprint density at radius 1 is 1.00 bits per heavy atom. The van der Waals surface area contributed by atoms with Gasteiger partial charge in [0.2, 0.25) is 5.91 Å². The van der Waals surface area contributed by atoms with Gasteiger partial charge < -0.3 is 14.5 Å². The van der Waals surface area contributed by atoms with E-state index in [9.17, 15) is 4.79 Å². The number of aromatic nitrogens is 2. The van der Waals surface area contributed by atoms with Crippen molar-refractivity contribution < 1.29 is 9.53 Å². The predicted molar refractivity (Wildman–Crippen MR) is 99.2 cm³/mol. The molecule has 1 aliphatic rings. The predicted octanol–water partition coefficient (Wildman–Crippen LogP) is 2.60. The van der Waals surface area contributed by atoms with Gasteiger partial charge in [-0.15, -0.1) is 0 Å². The van der Waals surface area contributed by atoms with Crippen molar-refractivity contribution >= 4 is 39.3 Å². The number of carbonyl (C=O) groups excluding carboxylic acids is 1. The number of hydrogen-bond acceptors (Lipinski definition) is 5. The third kappa shape index (κ3) is 3.00. The number of benzene rings is 2. The van der Waals surface area contributed by atoms with Crippen molar-refractivity contribution in [1.82, 2.24) is 9.97 Å². The molecule has 0 radical (unpaired) electrons. The molecular formula is C19H20N4O2. The third-order valence-corrected chi connectivity index (χ3v) is 4.64. The SMILES string of the molecule is CC(=O)N(C)c1ccc2nc3cc(N4CCOCC4)ccc3nc2c1. The smallest absolute Gasteiger partial charge is 0.223 e. The van der Waals surface area contributed by atoms with Crippen LogP contribution >= 0.6 is 0 Å². The van der Waals surface area contributed by atoms with E-state index >= 15 is 0 Å². The maximum Gasteiger partial charge on any atom is 0.223 e. The van der Waals surface area contributed by atoms with Gasteiger partial charge >= 0.3 is 0 Å². The first-order valence-corrected chi connectivity index (χ1v) is 8.40. The van der Waals surface area contributed by atoms with Crippen LogP contribution in [0.15, 0.2) is 36.4 Å². The molecule has 4 rings (SSSR count). The summed E-state index contributed by atoms with van der Waals surface area (Å²) in [5, 5.41) is 0. The second-order valence-electron chi connectivity index (χ2n) is 6.25. The van der Waals surface area contributed by atoms with E-state index in [1.807, 2.05) is 24.3 Å². The molecule has 1 saturated heterocycles. The monoisotopic (exact) mass is 336 g/mol. The molecule has 6 heteroatoms. The Hall–Kier alpha value is -2.73. The van der Waals surface area contributed by atoms with Crippen LogP contribution < -0.4 is 9.80 Å².